The van der Waals surface area contributed by atoms with Crippen LogP contribution in [0.4, 0.5) is 5.69 Å². The molecular weight excluding hydrogens is 338 g/mol. The quantitative estimate of drug-likeness (QED) is 0.737. The number of rotatable bonds is 7. The molecule has 0 saturated heterocycles. The van der Waals surface area contributed by atoms with E-state index in [9.17, 15) is 9.59 Å². The lowest BCUT2D eigenvalue weighted by atomic mass is 10.1. The number of aliphatic carboxylic acids is 1. The Morgan fingerprint density at radius 1 is 1.15 bits per heavy atom. The fraction of sp³-hybridized carbons (Fsp3) is 0.211. The van der Waals surface area contributed by atoms with Gasteiger partial charge in [0, 0.05) is 6.21 Å². The lowest BCUT2D eigenvalue weighted by Crippen LogP contribution is -2.23. The lowest BCUT2D eigenvalue weighted by Gasteiger charge is -2.14. The first-order valence-corrected chi connectivity index (χ1v) is 7.78. The molecule has 0 aromatic heterocycles. The molecule has 2 rings (SSSR count). The van der Waals surface area contributed by atoms with Crippen LogP contribution in [0.25, 0.3) is 0 Å². The largest absolute Gasteiger partial charge is 0.493 e. The number of aliphatic imine (C=N–C) groups is 1. The molecule has 0 radical (unpaired) electrons. The highest BCUT2D eigenvalue weighted by atomic mass is 16.5. The highest BCUT2D eigenvalue weighted by Gasteiger charge is 2.15. The second-order valence-corrected chi connectivity index (χ2v) is 5.52. The minimum atomic E-state index is -1.08. The summed E-state index contributed by atoms with van der Waals surface area (Å²) in [5.74, 6) is -1.40. The first-order chi connectivity index (χ1) is 12.3. The summed E-state index contributed by atoms with van der Waals surface area (Å²) < 4.78 is 10.6. The molecule has 0 aliphatic carbocycles. The normalized spacial score (nSPS) is 12.0. The minimum Gasteiger partial charge on any atom is -0.493 e. The summed E-state index contributed by atoms with van der Waals surface area (Å²) in [5.41, 5.74) is 2.00. The number of aromatic carboxylic acids is 1. The predicted molar refractivity (Wildman–Crippen MR) is 96.1 cm³/mol. The maximum atomic E-state index is 11.2. The minimum absolute atomic E-state index is 0.198. The summed E-state index contributed by atoms with van der Waals surface area (Å²) >= 11 is 0. The highest BCUT2D eigenvalue weighted by molar-refractivity contribution is 5.92. The molecular formula is C19H19NO6. The second-order valence-electron chi connectivity index (χ2n) is 5.52. The maximum absolute atomic E-state index is 11.2. The SMILES string of the molecule is COc1cc(C=Nc2cccc(C(=O)O)c2C)ccc1O[C@H](C)C(=O)O. The monoisotopic (exact) mass is 357 g/mol. The summed E-state index contributed by atoms with van der Waals surface area (Å²) in [7, 11) is 1.45. The van der Waals surface area contributed by atoms with Crippen molar-refractivity contribution in [2.24, 2.45) is 4.99 Å². The Bertz CT molecular complexity index is 859. The van der Waals surface area contributed by atoms with Crippen LogP contribution < -0.4 is 9.47 Å². The Kier molecular flexibility index (Phi) is 5.95. The third-order valence-corrected chi connectivity index (χ3v) is 3.73. The number of carboxylic acids is 2. The highest BCUT2D eigenvalue weighted by Crippen LogP contribution is 2.29. The summed E-state index contributed by atoms with van der Waals surface area (Å²) in [6, 6.07) is 9.83. The first kappa shape index (κ1) is 19.0. The molecule has 0 unspecified atom stereocenters. The molecule has 0 heterocycles. The van der Waals surface area contributed by atoms with E-state index in [4.69, 9.17) is 19.7 Å². The van der Waals surface area contributed by atoms with E-state index in [2.05, 4.69) is 4.99 Å². The Balaban J connectivity index is 2.28. The molecule has 7 nitrogen and oxygen atoms in total. The van der Waals surface area contributed by atoms with E-state index in [1.165, 1.54) is 20.1 Å². The summed E-state index contributed by atoms with van der Waals surface area (Å²) in [5, 5.41) is 18.1. The Labute approximate surface area is 150 Å². The first-order valence-electron chi connectivity index (χ1n) is 7.78. The predicted octanol–water partition coefficient (Wildman–Crippen LogP) is 3.30. The maximum Gasteiger partial charge on any atom is 0.344 e. The molecule has 26 heavy (non-hydrogen) atoms. The molecule has 0 aliphatic heterocycles. The van der Waals surface area contributed by atoms with Crippen LogP contribution in [-0.4, -0.2) is 41.6 Å². The third-order valence-electron chi connectivity index (χ3n) is 3.73. The molecule has 2 aromatic rings. The van der Waals surface area contributed by atoms with Crippen molar-refractivity contribution in [2.75, 3.05) is 7.11 Å². The van der Waals surface area contributed by atoms with Gasteiger partial charge >= 0.3 is 11.9 Å². The number of benzene rings is 2. The number of ether oxygens (including phenoxy) is 2. The van der Waals surface area contributed by atoms with Gasteiger partial charge in [-0.1, -0.05) is 6.07 Å². The van der Waals surface area contributed by atoms with Crippen LogP contribution in [0.3, 0.4) is 0 Å². The fourth-order valence-electron chi connectivity index (χ4n) is 2.24. The Morgan fingerprint density at radius 2 is 1.88 bits per heavy atom. The summed E-state index contributed by atoms with van der Waals surface area (Å²) in [6.45, 7) is 3.12. The van der Waals surface area contributed by atoms with Crippen molar-refractivity contribution in [3.8, 4) is 11.5 Å². The van der Waals surface area contributed by atoms with Crippen LogP contribution in [-0.2, 0) is 4.79 Å². The molecule has 7 heteroatoms. The number of methoxy groups -OCH3 is 1. The van der Waals surface area contributed by atoms with E-state index < -0.39 is 18.0 Å². The van der Waals surface area contributed by atoms with Gasteiger partial charge in [0.2, 0.25) is 0 Å². The van der Waals surface area contributed by atoms with E-state index in [-0.39, 0.29) is 5.56 Å². The Hall–Kier alpha value is -3.35. The van der Waals surface area contributed by atoms with E-state index in [1.807, 2.05) is 0 Å². The van der Waals surface area contributed by atoms with Crippen LogP contribution in [0, 0.1) is 6.92 Å². The van der Waals surface area contributed by atoms with E-state index >= 15 is 0 Å². The molecule has 0 aliphatic rings. The van der Waals surface area contributed by atoms with Crippen LogP contribution in [0.15, 0.2) is 41.4 Å². The van der Waals surface area contributed by atoms with Gasteiger partial charge in [0.15, 0.2) is 17.6 Å². The summed E-state index contributed by atoms with van der Waals surface area (Å²) in [6.07, 6.45) is 0.561. The van der Waals surface area contributed by atoms with Gasteiger partial charge in [-0.05, 0) is 55.3 Å². The molecule has 0 bridgehead atoms. The van der Waals surface area contributed by atoms with Crippen LogP contribution in [0.5, 0.6) is 11.5 Å². The number of carbonyl (C=O) groups is 2. The molecule has 1 atom stereocenters. The van der Waals surface area contributed by atoms with Crippen molar-refractivity contribution in [1.29, 1.82) is 0 Å². The van der Waals surface area contributed by atoms with Crippen LogP contribution in [0.1, 0.15) is 28.4 Å². The standard InChI is InChI=1S/C19H19NO6/c1-11-14(19(23)24)5-4-6-15(11)20-10-13-7-8-16(17(9-13)25-3)26-12(2)18(21)22/h4-10,12H,1-3H3,(H,21,22)(H,23,24)/t12-/m1/s1. The number of hydrogen-bond acceptors (Lipinski definition) is 5. The van der Waals surface area contributed by atoms with Gasteiger partial charge in [0.05, 0.1) is 18.4 Å². The van der Waals surface area contributed by atoms with Crippen molar-refractivity contribution in [3.63, 3.8) is 0 Å². The van der Waals surface area contributed by atoms with Gasteiger partial charge in [0.1, 0.15) is 0 Å². The van der Waals surface area contributed by atoms with Gasteiger partial charge in [-0.25, -0.2) is 9.59 Å². The fourth-order valence-corrected chi connectivity index (χ4v) is 2.24. The third kappa shape index (κ3) is 4.38. The zero-order valence-corrected chi connectivity index (χ0v) is 14.6. The van der Waals surface area contributed by atoms with Crippen molar-refractivity contribution < 1.29 is 29.3 Å². The van der Waals surface area contributed by atoms with E-state index in [0.717, 1.165) is 0 Å². The van der Waals surface area contributed by atoms with E-state index in [0.29, 0.717) is 28.3 Å². The van der Waals surface area contributed by atoms with Gasteiger partial charge < -0.3 is 19.7 Å². The Morgan fingerprint density at radius 3 is 2.50 bits per heavy atom. The zero-order chi connectivity index (χ0) is 19.3. The van der Waals surface area contributed by atoms with Crippen LogP contribution >= 0.6 is 0 Å². The van der Waals surface area contributed by atoms with Gasteiger partial charge in [-0.3, -0.25) is 4.99 Å². The van der Waals surface area contributed by atoms with Crippen LogP contribution in [0.2, 0.25) is 0 Å². The smallest absolute Gasteiger partial charge is 0.344 e. The molecule has 136 valence electrons. The molecule has 0 amide bonds. The molecule has 0 fully saturated rings. The van der Waals surface area contributed by atoms with Crippen molar-refractivity contribution in [2.45, 2.75) is 20.0 Å². The second kappa shape index (κ2) is 8.15. The molecule has 0 saturated carbocycles. The lowest BCUT2D eigenvalue weighted by molar-refractivity contribution is -0.144. The number of nitrogens with zero attached hydrogens (tertiary/aromatic N) is 1. The number of carboxylic acid groups (broad SMARTS) is 2. The molecule has 2 N–H and O–H groups in total. The molecule has 0 spiro atoms. The average molecular weight is 357 g/mol. The van der Waals surface area contributed by atoms with Crippen molar-refractivity contribution >= 4 is 23.8 Å². The van der Waals surface area contributed by atoms with E-state index in [1.54, 1.807) is 43.5 Å². The van der Waals surface area contributed by atoms with Crippen molar-refractivity contribution in [1.82, 2.24) is 0 Å². The van der Waals surface area contributed by atoms with Crippen molar-refractivity contribution in [3.05, 3.63) is 53.1 Å². The van der Waals surface area contributed by atoms with Gasteiger partial charge in [0.25, 0.3) is 0 Å². The summed E-state index contributed by atoms with van der Waals surface area (Å²) in [4.78, 5) is 26.4. The topological polar surface area (TPSA) is 105 Å². The molecule has 2 aromatic carbocycles. The van der Waals surface area contributed by atoms with Gasteiger partial charge in [-0.15, -0.1) is 0 Å². The average Bonchev–Trinajstić information content (AvgIpc) is 2.61. The zero-order valence-electron chi connectivity index (χ0n) is 14.6. The number of hydrogen-bond donors (Lipinski definition) is 2. The van der Waals surface area contributed by atoms with Gasteiger partial charge in [-0.2, -0.15) is 0 Å².